The summed E-state index contributed by atoms with van der Waals surface area (Å²) in [5.41, 5.74) is 0. The Morgan fingerprint density at radius 2 is 1.89 bits per heavy atom. The van der Waals surface area contributed by atoms with E-state index in [-0.39, 0.29) is 49.8 Å². The fourth-order valence-electron chi connectivity index (χ4n) is 3.98. The van der Waals surface area contributed by atoms with Crippen LogP contribution in [0.5, 0.6) is 0 Å². The molecule has 2 unspecified atom stereocenters. The van der Waals surface area contributed by atoms with E-state index < -0.39 is 24.5 Å². The van der Waals surface area contributed by atoms with E-state index in [1.54, 1.807) is 9.80 Å². The Labute approximate surface area is 161 Å². The number of hydrogen-bond donors (Lipinski definition) is 1. The molecule has 0 spiro atoms. The number of carbonyl (C=O) groups is 3. The number of rotatable bonds is 3. The van der Waals surface area contributed by atoms with Crippen molar-refractivity contribution in [3.63, 3.8) is 0 Å². The summed E-state index contributed by atoms with van der Waals surface area (Å²) in [7, 11) is 0. The van der Waals surface area contributed by atoms with Crippen LogP contribution in [0.3, 0.4) is 0 Å². The van der Waals surface area contributed by atoms with Crippen LogP contribution in [0, 0.1) is 5.92 Å². The van der Waals surface area contributed by atoms with Gasteiger partial charge in [-0.05, 0) is 12.8 Å². The maximum absolute atomic E-state index is 12.7. The van der Waals surface area contributed by atoms with Gasteiger partial charge < -0.3 is 20.0 Å². The van der Waals surface area contributed by atoms with E-state index in [9.17, 15) is 27.6 Å². The third-order valence-corrected chi connectivity index (χ3v) is 5.21. The van der Waals surface area contributed by atoms with Crippen LogP contribution < -0.4 is 5.32 Å². The molecule has 0 aromatic heterocycles. The second-order valence-corrected chi connectivity index (χ2v) is 7.13. The zero-order chi connectivity index (χ0) is 18.9. The second-order valence-electron chi connectivity index (χ2n) is 7.13. The first-order valence-corrected chi connectivity index (χ1v) is 8.88. The molecule has 2 atom stereocenters. The molecule has 0 aliphatic carbocycles. The summed E-state index contributed by atoms with van der Waals surface area (Å²) in [6.07, 6.45) is -3.10. The van der Waals surface area contributed by atoms with Gasteiger partial charge in [-0.2, -0.15) is 13.2 Å². The third kappa shape index (κ3) is 5.25. The Kier molecular flexibility index (Phi) is 6.96. The van der Waals surface area contributed by atoms with Crippen molar-refractivity contribution in [2.75, 3.05) is 45.8 Å². The van der Waals surface area contributed by atoms with E-state index >= 15 is 0 Å². The average molecular weight is 413 g/mol. The van der Waals surface area contributed by atoms with Crippen LogP contribution in [-0.2, 0) is 14.4 Å². The fourth-order valence-corrected chi connectivity index (χ4v) is 3.98. The van der Waals surface area contributed by atoms with Gasteiger partial charge in [-0.15, -0.1) is 12.4 Å². The highest BCUT2D eigenvalue weighted by molar-refractivity contribution is 5.89. The lowest BCUT2D eigenvalue weighted by Gasteiger charge is -2.41. The average Bonchev–Trinajstić information content (AvgIpc) is 2.93. The molecule has 0 aromatic carbocycles. The molecule has 3 fully saturated rings. The highest BCUT2D eigenvalue weighted by Gasteiger charge is 2.42. The van der Waals surface area contributed by atoms with Gasteiger partial charge in [0.05, 0.1) is 12.5 Å². The minimum absolute atomic E-state index is 0. The lowest BCUT2D eigenvalue weighted by atomic mass is 10.00. The number of piperidine rings is 1. The maximum atomic E-state index is 12.7. The summed E-state index contributed by atoms with van der Waals surface area (Å²) >= 11 is 0. The monoisotopic (exact) mass is 412 g/mol. The SMILES string of the molecule is Cl.O=C1CC(C(=O)N2CCCC(N3CCNCC3=O)C2)CN1CC(F)(F)F. The van der Waals surface area contributed by atoms with Crippen LogP contribution in [0.1, 0.15) is 19.3 Å². The van der Waals surface area contributed by atoms with E-state index in [4.69, 9.17) is 0 Å². The van der Waals surface area contributed by atoms with Gasteiger partial charge in [-0.1, -0.05) is 0 Å². The van der Waals surface area contributed by atoms with Crippen molar-refractivity contribution in [2.45, 2.75) is 31.5 Å². The molecule has 3 aliphatic heterocycles. The van der Waals surface area contributed by atoms with Gasteiger partial charge in [0, 0.05) is 45.2 Å². The van der Waals surface area contributed by atoms with Gasteiger partial charge in [0.2, 0.25) is 17.7 Å². The lowest BCUT2D eigenvalue weighted by molar-refractivity contribution is -0.157. The molecular weight excluding hydrogens is 389 g/mol. The van der Waals surface area contributed by atoms with Gasteiger partial charge in [0.15, 0.2) is 0 Å². The molecule has 3 aliphatic rings. The maximum Gasteiger partial charge on any atom is 0.406 e. The second kappa shape index (κ2) is 8.64. The molecule has 154 valence electrons. The summed E-state index contributed by atoms with van der Waals surface area (Å²) in [5, 5.41) is 3.00. The van der Waals surface area contributed by atoms with Gasteiger partial charge in [0.25, 0.3) is 0 Å². The largest absolute Gasteiger partial charge is 0.406 e. The lowest BCUT2D eigenvalue weighted by Crippen LogP contribution is -2.58. The highest BCUT2D eigenvalue weighted by atomic mass is 35.5. The van der Waals surface area contributed by atoms with E-state index in [2.05, 4.69) is 5.32 Å². The number of nitrogens with one attached hydrogen (secondary N) is 1. The van der Waals surface area contributed by atoms with Crippen molar-refractivity contribution in [1.82, 2.24) is 20.0 Å². The third-order valence-electron chi connectivity index (χ3n) is 5.21. The van der Waals surface area contributed by atoms with Gasteiger partial charge in [0.1, 0.15) is 6.54 Å². The Morgan fingerprint density at radius 1 is 1.15 bits per heavy atom. The Balaban J connectivity index is 0.00000261. The van der Waals surface area contributed by atoms with Gasteiger partial charge >= 0.3 is 6.18 Å². The van der Waals surface area contributed by atoms with E-state index in [1.165, 1.54) is 0 Å². The molecular formula is C16H24ClF3N4O3. The van der Waals surface area contributed by atoms with Crippen LogP contribution in [-0.4, -0.2) is 90.5 Å². The Morgan fingerprint density at radius 3 is 2.56 bits per heavy atom. The van der Waals surface area contributed by atoms with Crippen molar-refractivity contribution in [2.24, 2.45) is 5.92 Å². The van der Waals surface area contributed by atoms with Crippen molar-refractivity contribution in [3.05, 3.63) is 0 Å². The van der Waals surface area contributed by atoms with Crippen molar-refractivity contribution in [1.29, 1.82) is 0 Å². The molecule has 3 rings (SSSR count). The number of alkyl halides is 3. The summed E-state index contributed by atoms with van der Waals surface area (Å²) < 4.78 is 37.6. The summed E-state index contributed by atoms with van der Waals surface area (Å²) in [6.45, 7) is 0.979. The summed E-state index contributed by atoms with van der Waals surface area (Å²) in [4.78, 5) is 40.7. The zero-order valence-electron chi connectivity index (χ0n) is 14.8. The van der Waals surface area contributed by atoms with Crippen LogP contribution in [0.25, 0.3) is 0 Å². The number of halogens is 4. The molecule has 0 saturated carbocycles. The Hall–Kier alpha value is -1.55. The van der Waals surface area contributed by atoms with E-state index in [0.29, 0.717) is 31.1 Å². The van der Waals surface area contributed by atoms with Crippen molar-refractivity contribution >= 4 is 30.1 Å². The molecule has 0 aromatic rings. The smallest absolute Gasteiger partial charge is 0.340 e. The predicted octanol–water partition coefficient (Wildman–Crippen LogP) is 0.242. The highest BCUT2D eigenvalue weighted by Crippen LogP contribution is 2.26. The molecule has 7 nitrogen and oxygen atoms in total. The van der Waals surface area contributed by atoms with Gasteiger partial charge in [-0.3, -0.25) is 14.4 Å². The quantitative estimate of drug-likeness (QED) is 0.721. The summed E-state index contributed by atoms with van der Waals surface area (Å²) in [5.74, 6) is -1.65. The number of amides is 3. The first-order valence-electron chi connectivity index (χ1n) is 8.88. The molecule has 3 amide bonds. The first kappa shape index (κ1) is 21.7. The zero-order valence-corrected chi connectivity index (χ0v) is 15.7. The predicted molar refractivity (Wildman–Crippen MR) is 92.2 cm³/mol. The normalized spacial score (nSPS) is 27.0. The van der Waals surface area contributed by atoms with Crippen LogP contribution in [0.2, 0.25) is 0 Å². The number of hydrogen-bond acceptors (Lipinski definition) is 4. The summed E-state index contributed by atoms with van der Waals surface area (Å²) in [6, 6.07) is -0.0642. The van der Waals surface area contributed by atoms with Crippen molar-refractivity contribution < 1.29 is 27.6 Å². The van der Waals surface area contributed by atoms with Crippen LogP contribution in [0.4, 0.5) is 13.2 Å². The molecule has 27 heavy (non-hydrogen) atoms. The molecule has 0 bridgehead atoms. The number of likely N-dealkylation sites (tertiary alicyclic amines) is 2. The molecule has 0 radical (unpaired) electrons. The number of nitrogens with zero attached hydrogens (tertiary/aromatic N) is 3. The minimum Gasteiger partial charge on any atom is -0.340 e. The van der Waals surface area contributed by atoms with Crippen molar-refractivity contribution in [3.8, 4) is 0 Å². The molecule has 3 saturated heterocycles. The molecule has 11 heteroatoms. The van der Waals surface area contributed by atoms with Crippen LogP contribution in [0.15, 0.2) is 0 Å². The minimum atomic E-state index is -4.47. The first-order chi connectivity index (χ1) is 12.2. The van der Waals surface area contributed by atoms with E-state index in [1.807, 2.05) is 0 Å². The topological polar surface area (TPSA) is 73.0 Å². The molecule has 1 N–H and O–H groups in total. The fraction of sp³-hybridized carbons (Fsp3) is 0.812. The van der Waals surface area contributed by atoms with Crippen LogP contribution >= 0.6 is 12.4 Å². The number of carbonyl (C=O) groups excluding carboxylic acids is 3. The standard InChI is InChI=1S/C16H23F3N4O3.ClH/c17-16(18,19)10-22-8-11(6-13(22)24)15(26)21-4-1-2-12(9-21)23-5-3-20-7-14(23)25;/h11-12,20H,1-10H2;1H. The molecule has 3 heterocycles. The van der Waals surface area contributed by atoms with E-state index in [0.717, 1.165) is 12.8 Å². The Bertz CT molecular complexity index is 590. The number of piperazine rings is 1. The van der Waals surface area contributed by atoms with Gasteiger partial charge in [-0.25, -0.2) is 0 Å².